The van der Waals surface area contributed by atoms with Gasteiger partial charge in [-0.15, -0.1) is 0 Å². The number of aryl methyl sites for hydroxylation is 1. The highest BCUT2D eigenvalue weighted by atomic mass is 16.3. The zero-order chi connectivity index (χ0) is 12.4. The summed E-state index contributed by atoms with van der Waals surface area (Å²) in [6, 6.07) is 1.95. The first kappa shape index (κ1) is 11.9. The molecular formula is C12H18N4O. The third-order valence-corrected chi connectivity index (χ3v) is 2.88. The Balaban J connectivity index is 2.11. The summed E-state index contributed by atoms with van der Waals surface area (Å²) >= 11 is 0. The van der Waals surface area contributed by atoms with Gasteiger partial charge in [-0.1, -0.05) is 13.8 Å². The first-order valence-electron chi connectivity index (χ1n) is 5.74. The van der Waals surface area contributed by atoms with Crippen molar-refractivity contribution >= 4 is 0 Å². The Kier molecular flexibility index (Phi) is 3.28. The van der Waals surface area contributed by atoms with E-state index in [4.69, 9.17) is 0 Å². The van der Waals surface area contributed by atoms with Crippen LogP contribution in [0.5, 0.6) is 0 Å². The first-order chi connectivity index (χ1) is 8.08. The van der Waals surface area contributed by atoms with Gasteiger partial charge in [0.25, 0.3) is 0 Å². The highest BCUT2D eigenvalue weighted by Gasteiger charge is 2.13. The molecule has 0 saturated carbocycles. The van der Waals surface area contributed by atoms with Crippen LogP contribution in [0.2, 0.25) is 0 Å². The second-order valence-electron chi connectivity index (χ2n) is 4.61. The highest BCUT2D eigenvalue weighted by molar-refractivity contribution is 5.14. The van der Waals surface area contributed by atoms with Crippen molar-refractivity contribution in [3.63, 3.8) is 0 Å². The Labute approximate surface area is 101 Å². The molecule has 1 unspecified atom stereocenters. The van der Waals surface area contributed by atoms with Crippen LogP contribution in [0.3, 0.4) is 0 Å². The average molecular weight is 234 g/mol. The Morgan fingerprint density at radius 2 is 2.18 bits per heavy atom. The summed E-state index contributed by atoms with van der Waals surface area (Å²) < 4.78 is 3.75. The zero-order valence-corrected chi connectivity index (χ0v) is 10.4. The van der Waals surface area contributed by atoms with Crippen LogP contribution in [0.1, 0.15) is 31.3 Å². The van der Waals surface area contributed by atoms with Crippen LogP contribution in [0.4, 0.5) is 0 Å². The zero-order valence-electron chi connectivity index (χ0n) is 10.4. The molecule has 0 aromatic carbocycles. The number of hydrogen-bond acceptors (Lipinski definition) is 3. The molecule has 2 aromatic heterocycles. The third-order valence-electron chi connectivity index (χ3n) is 2.88. The largest absolute Gasteiger partial charge is 0.388 e. The van der Waals surface area contributed by atoms with Gasteiger partial charge >= 0.3 is 0 Å². The summed E-state index contributed by atoms with van der Waals surface area (Å²) in [7, 11) is 1.87. The number of rotatable bonds is 4. The van der Waals surface area contributed by atoms with E-state index in [2.05, 4.69) is 10.1 Å². The van der Waals surface area contributed by atoms with E-state index in [0.29, 0.717) is 6.54 Å². The molecule has 0 aliphatic heterocycles. The quantitative estimate of drug-likeness (QED) is 0.869. The van der Waals surface area contributed by atoms with E-state index in [1.807, 2.05) is 43.9 Å². The van der Waals surface area contributed by atoms with Crippen molar-refractivity contribution in [2.75, 3.05) is 0 Å². The highest BCUT2D eigenvalue weighted by Crippen LogP contribution is 2.21. The monoisotopic (exact) mass is 234 g/mol. The number of aliphatic hydroxyl groups is 1. The minimum atomic E-state index is -0.407. The topological polar surface area (TPSA) is 55.9 Å². The predicted octanol–water partition coefficient (Wildman–Crippen LogP) is 1.35. The average Bonchev–Trinajstić information content (AvgIpc) is 2.88. The van der Waals surface area contributed by atoms with Gasteiger partial charge in [-0.05, 0) is 17.5 Å². The van der Waals surface area contributed by atoms with Crippen LogP contribution in [0.15, 0.2) is 24.8 Å². The van der Waals surface area contributed by atoms with Crippen molar-refractivity contribution in [3.05, 3.63) is 36.2 Å². The van der Waals surface area contributed by atoms with Crippen molar-refractivity contribution in [2.24, 2.45) is 13.0 Å². The fraction of sp³-hybridized carbons (Fsp3) is 0.500. The molecule has 0 aliphatic carbocycles. The van der Waals surface area contributed by atoms with Crippen molar-refractivity contribution in [1.29, 1.82) is 0 Å². The smallest absolute Gasteiger partial charge is 0.146 e. The summed E-state index contributed by atoms with van der Waals surface area (Å²) in [5.74, 6) is 1.12. The van der Waals surface area contributed by atoms with Gasteiger partial charge in [0.1, 0.15) is 12.2 Å². The molecule has 2 rings (SSSR count). The van der Waals surface area contributed by atoms with Crippen LogP contribution in [0, 0.1) is 5.92 Å². The minimum absolute atomic E-state index is 0.223. The van der Waals surface area contributed by atoms with Gasteiger partial charge in [-0.3, -0.25) is 4.68 Å². The van der Waals surface area contributed by atoms with E-state index < -0.39 is 6.10 Å². The molecule has 1 N–H and O–H groups in total. The number of hydrogen-bond donors (Lipinski definition) is 1. The summed E-state index contributed by atoms with van der Waals surface area (Å²) in [4.78, 5) is 4.17. The van der Waals surface area contributed by atoms with E-state index in [9.17, 15) is 5.11 Å². The fourth-order valence-corrected chi connectivity index (χ4v) is 1.74. The molecule has 0 radical (unpaired) electrons. The molecular weight excluding hydrogens is 216 g/mol. The van der Waals surface area contributed by atoms with Crippen LogP contribution in [-0.2, 0) is 13.6 Å². The minimum Gasteiger partial charge on any atom is -0.388 e. The molecule has 5 heteroatoms. The molecule has 2 aromatic rings. The molecule has 2 heterocycles. The first-order valence-corrected chi connectivity index (χ1v) is 5.74. The number of aliphatic hydroxyl groups excluding tert-OH is 1. The van der Waals surface area contributed by atoms with E-state index in [1.165, 1.54) is 0 Å². The fourth-order valence-electron chi connectivity index (χ4n) is 1.74. The molecule has 0 spiro atoms. The maximum atomic E-state index is 9.95. The van der Waals surface area contributed by atoms with Crippen LogP contribution in [0.25, 0.3) is 0 Å². The lowest BCUT2D eigenvalue weighted by Crippen LogP contribution is -2.06. The molecule has 92 valence electrons. The molecule has 0 amide bonds. The van der Waals surface area contributed by atoms with Gasteiger partial charge in [0.05, 0.1) is 12.6 Å². The summed E-state index contributed by atoms with van der Waals surface area (Å²) in [6.07, 6.45) is 5.05. The van der Waals surface area contributed by atoms with Crippen molar-refractivity contribution < 1.29 is 5.11 Å². The molecule has 0 aliphatic rings. The standard InChI is InChI=1S/C12H18N4O/c1-9(2)12(17)10-4-5-16(6-10)7-11-13-8-14-15(11)3/h4-6,8-9,12,17H,7H2,1-3H3. The van der Waals surface area contributed by atoms with Crippen LogP contribution < -0.4 is 0 Å². The maximum Gasteiger partial charge on any atom is 0.146 e. The lowest BCUT2D eigenvalue weighted by Gasteiger charge is -2.12. The van der Waals surface area contributed by atoms with Crippen LogP contribution >= 0.6 is 0 Å². The van der Waals surface area contributed by atoms with Gasteiger partial charge in [-0.25, -0.2) is 4.98 Å². The van der Waals surface area contributed by atoms with E-state index in [1.54, 1.807) is 11.0 Å². The van der Waals surface area contributed by atoms with Gasteiger partial charge in [-0.2, -0.15) is 5.10 Å². The van der Waals surface area contributed by atoms with Crippen molar-refractivity contribution in [2.45, 2.75) is 26.5 Å². The van der Waals surface area contributed by atoms with Crippen LogP contribution in [-0.4, -0.2) is 24.4 Å². The molecule has 1 atom stereocenters. The molecule has 0 bridgehead atoms. The van der Waals surface area contributed by atoms with Gasteiger partial charge in [0.15, 0.2) is 0 Å². The number of aromatic nitrogens is 4. The normalized spacial score (nSPS) is 13.2. The predicted molar refractivity (Wildman–Crippen MR) is 64.3 cm³/mol. The molecule has 0 fully saturated rings. The Hall–Kier alpha value is -1.62. The Morgan fingerprint density at radius 3 is 2.76 bits per heavy atom. The number of nitrogens with zero attached hydrogens (tertiary/aromatic N) is 4. The van der Waals surface area contributed by atoms with Crippen molar-refractivity contribution in [3.8, 4) is 0 Å². The SMILES string of the molecule is CC(C)C(O)c1ccn(Cc2ncnn2C)c1. The Bertz CT molecular complexity index is 486. The van der Waals surface area contributed by atoms with E-state index in [0.717, 1.165) is 11.4 Å². The van der Waals surface area contributed by atoms with Crippen molar-refractivity contribution in [1.82, 2.24) is 19.3 Å². The van der Waals surface area contributed by atoms with E-state index in [-0.39, 0.29) is 5.92 Å². The second kappa shape index (κ2) is 4.71. The van der Waals surface area contributed by atoms with Gasteiger partial charge < -0.3 is 9.67 Å². The third kappa shape index (κ3) is 2.55. The van der Waals surface area contributed by atoms with E-state index >= 15 is 0 Å². The maximum absolute atomic E-state index is 9.95. The summed E-state index contributed by atoms with van der Waals surface area (Å²) in [5.41, 5.74) is 0.946. The van der Waals surface area contributed by atoms with Gasteiger partial charge in [0.2, 0.25) is 0 Å². The molecule has 5 nitrogen and oxygen atoms in total. The Morgan fingerprint density at radius 1 is 1.41 bits per heavy atom. The molecule has 0 saturated heterocycles. The summed E-state index contributed by atoms with van der Waals surface area (Å²) in [6.45, 7) is 4.68. The van der Waals surface area contributed by atoms with Gasteiger partial charge in [0, 0.05) is 19.4 Å². The lowest BCUT2D eigenvalue weighted by atomic mass is 10.0. The molecule has 17 heavy (non-hydrogen) atoms. The summed E-state index contributed by atoms with van der Waals surface area (Å²) in [5, 5.41) is 14.0. The second-order valence-corrected chi connectivity index (χ2v) is 4.61. The lowest BCUT2D eigenvalue weighted by molar-refractivity contribution is 0.127.